The molecule has 2 bridgehead atoms. The van der Waals surface area contributed by atoms with Crippen molar-refractivity contribution in [3.63, 3.8) is 0 Å². The lowest BCUT2D eigenvalue weighted by Gasteiger charge is -2.37. The highest BCUT2D eigenvalue weighted by Gasteiger charge is 2.67. The van der Waals surface area contributed by atoms with E-state index in [1.807, 2.05) is 0 Å². The van der Waals surface area contributed by atoms with Gasteiger partial charge < -0.3 is 5.32 Å². The van der Waals surface area contributed by atoms with E-state index < -0.39 is 0 Å². The minimum atomic E-state index is -0.197. The topological polar surface area (TPSA) is 66.5 Å². The van der Waals surface area contributed by atoms with Gasteiger partial charge in [0.05, 0.1) is 11.8 Å². The molecular formula is C20H26N2O3. The van der Waals surface area contributed by atoms with Gasteiger partial charge in [-0.05, 0) is 42.9 Å². The van der Waals surface area contributed by atoms with Crippen molar-refractivity contribution < 1.29 is 14.4 Å². The van der Waals surface area contributed by atoms with Crippen molar-refractivity contribution in [1.29, 1.82) is 0 Å². The van der Waals surface area contributed by atoms with Crippen molar-refractivity contribution >= 4 is 17.7 Å². The van der Waals surface area contributed by atoms with Gasteiger partial charge in [-0.25, -0.2) is 0 Å². The second kappa shape index (κ2) is 5.68. The summed E-state index contributed by atoms with van der Waals surface area (Å²) in [7, 11) is 0. The first-order valence-corrected chi connectivity index (χ1v) is 9.98. The lowest BCUT2D eigenvalue weighted by Crippen LogP contribution is -2.44. The molecule has 5 heteroatoms. The van der Waals surface area contributed by atoms with Crippen LogP contribution in [0.15, 0.2) is 12.2 Å². The van der Waals surface area contributed by atoms with Crippen LogP contribution in [-0.2, 0) is 14.4 Å². The molecular weight excluding hydrogens is 316 g/mol. The first-order valence-electron chi connectivity index (χ1n) is 9.98. The number of hydrogen-bond acceptors (Lipinski definition) is 3. The lowest BCUT2D eigenvalue weighted by molar-refractivity contribution is -0.144. The zero-order chi connectivity index (χ0) is 17.1. The summed E-state index contributed by atoms with van der Waals surface area (Å²) in [5, 5.41) is 3.06. The molecule has 0 aromatic rings. The van der Waals surface area contributed by atoms with Crippen LogP contribution in [-0.4, -0.2) is 35.2 Å². The van der Waals surface area contributed by atoms with Crippen LogP contribution in [0.3, 0.4) is 0 Å². The fourth-order valence-electron chi connectivity index (χ4n) is 6.02. The third-order valence-corrected chi connectivity index (χ3v) is 7.28. The summed E-state index contributed by atoms with van der Waals surface area (Å²) in [5.74, 6) is 0.899. The number of likely N-dealkylation sites (tertiary alicyclic amines) is 1. The van der Waals surface area contributed by atoms with Crippen LogP contribution in [0.5, 0.6) is 0 Å². The molecule has 4 fully saturated rings. The number of imide groups is 1. The van der Waals surface area contributed by atoms with Crippen molar-refractivity contribution in [2.45, 2.75) is 51.0 Å². The van der Waals surface area contributed by atoms with E-state index in [0.717, 1.165) is 32.1 Å². The minimum absolute atomic E-state index is 0.0874. The number of nitrogens with zero attached hydrogens (tertiary/aromatic N) is 1. The van der Waals surface area contributed by atoms with Gasteiger partial charge in [0.15, 0.2) is 0 Å². The van der Waals surface area contributed by atoms with E-state index in [-0.39, 0.29) is 54.0 Å². The van der Waals surface area contributed by atoms with Gasteiger partial charge in [0.2, 0.25) is 17.7 Å². The predicted octanol–water partition coefficient (Wildman–Crippen LogP) is 1.88. The Bertz CT molecular complexity index is 613. The fourth-order valence-corrected chi connectivity index (χ4v) is 6.02. The molecule has 1 N–H and O–H groups in total. The van der Waals surface area contributed by atoms with Gasteiger partial charge in [0.25, 0.3) is 0 Å². The van der Waals surface area contributed by atoms with E-state index in [4.69, 9.17) is 0 Å². The summed E-state index contributed by atoms with van der Waals surface area (Å²) in [5.41, 5.74) is 0. The SMILES string of the molecule is O=C(CN1C(=O)[C@@H]2[C@H]3C=C[C@@H]([C@@H]4C[C@H]34)[C@H]2C1=O)NC1CCCCCC1. The highest BCUT2D eigenvalue weighted by Crippen LogP contribution is 2.65. The maximum Gasteiger partial charge on any atom is 0.240 e. The molecule has 0 spiro atoms. The van der Waals surface area contributed by atoms with Crippen molar-refractivity contribution in [3.05, 3.63) is 12.2 Å². The second-order valence-electron chi connectivity index (χ2n) is 8.67. The molecule has 1 aliphatic heterocycles. The molecule has 134 valence electrons. The Morgan fingerprint density at radius 3 is 2.08 bits per heavy atom. The smallest absolute Gasteiger partial charge is 0.240 e. The molecule has 6 atom stereocenters. The maximum atomic E-state index is 12.9. The van der Waals surface area contributed by atoms with Gasteiger partial charge in [-0.2, -0.15) is 0 Å². The van der Waals surface area contributed by atoms with Crippen LogP contribution in [0.4, 0.5) is 0 Å². The molecule has 5 nitrogen and oxygen atoms in total. The number of rotatable bonds is 3. The Morgan fingerprint density at radius 2 is 1.52 bits per heavy atom. The predicted molar refractivity (Wildman–Crippen MR) is 91.0 cm³/mol. The molecule has 1 heterocycles. The number of amides is 3. The molecule has 6 aliphatic rings. The third kappa shape index (κ3) is 2.38. The number of nitrogens with one attached hydrogen (secondary N) is 1. The van der Waals surface area contributed by atoms with Gasteiger partial charge >= 0.3 is 0 Å². The van der Waals surface area contributed by atoms with Crippen LogP contribution in [0, 0.1) is 35.5 Å². The Kier molecular flexibility index (Phi) is 3.54. The monoisotopic (exact) mass is 342 g/mol. The summed E-state index contributed by atoms with van der Waals surface area (Å²) >= 11 is 0. The van der Waals surface area contributed by atoms with Crippen LogP contribution in [0.1, 0.15) is 44.9 Å². The number of carbonyl (C=O) groups excluding carboxylic acids is 3. The second-order valence-corrected chi connectivity index (χ2v) is 8.67. The van der Waals surface area contributed by atoms with E-state index in [1.54, 1.807) is 0 Å². The van der Waals surface area contributed by atoms with Crippen LogP contribution >= 0.6 is 0 Å². The standard InChI is InChI=1S/C20H26N2O3/c23-16(21-11-5-3-1-2-4-6-11)10-22-19(24)17-12-7-8-13(15-9-14(12)15)18(17)20(22)25/h7-8,11-15,17-18H,1-6,9-10H2,(H,21,23)/t12-,13-,14-,15+,17+,18+/m0/s1. The normalized spacial score (nSPS) is 42.2. The van der Waals surface area contributed by atoms with Crippen LogP contribution in [0.25, 0.3) is 0 Å². The van der Waals surface area contributed by atoms with Crippen LogP contribution in [0.2, 0.25) is 0 Å². The van der Waals surface area contributed by atoms with Gasteiger partial charge in [-0.3, -0.25) is 19.3 Å². The van der Waals surface area contributed by atoms with E-state index in [9.17, 15) is 14.4 Å². The van der Waals surface area contributed by atoms with Crippen molar-refractivity contribution in [2.75, 3.05) is 6.54 Å². The van der Waals surface area contributed by atoms with Gasteiger partial charge in [0.1, 0.15) is 6.54 Å². The van der Waals surface area contributed by atoms with Gasteiger partial charge in [0, 0.05) is 6.04 Å². The summed E-state index contributed by atoms with van der Waals surface area (Å²) in [6.07, 6.45) is 12.3. The number of allylic oxidation sites excluding steroid dienone is 2. The average Bonchev–Trinajstić information content (AvgIpc) is 3.40. The van der Waals surface area contributed by atoms with Gasteiger partial charge in [-0.1, -0.05) is 37.8 Å². The van der Waals surface area contributed by atoms with E-state index in [2.05, 4.69) is 17.5 Å². The molecule has 0 aromatic heterocycles. The Morgan fingerprint density at radius 1 is 0.960 bits per heavy atom. The molecule has 6 rings (SSSR count). The first kappa shape index (κ1) is 15.6. The Balaban J connectivity index is 1.27. The Labute approximate surface area is 148 Å². The molecule has 5 aliphatic carbocycles. The zero-order valence-corrected chi connectivity index (χ0v) is 14.5. The molecule has 1 saturated heterocycles. The van der Waals surface area contributed by atoms with E-state index in [0.29, 0.717) is 11.8 Å². The Hall–Kier alpha value is -1.65. The average molecular weight is 342 g/mol. The van der Waals surface area contributed by atoms with Crippen LogP contribution < -0.4 is 5.32 Å². The molecule has 0 unspecified atom stereocenters. The summed E-state index contributed by atoms with van der Waals surface area (Å²) in [6.45, 7) is -0.0874. The van der Waals surface area contributed by atoms with E-state index >= 15 is 0 Å². The van der Waals surface area contributed by atoms with Crippen molar-refractivity contribution in [3.8, 4) is 0 Å². The largest absolute Gasteiger partial charge is 0.352 e. The molecule has 25 heavy (non-hydrogen) atoms. The minimum Gasteiger partial charge on any atom is -0.352 e. The summed E-state index contributed by atoms with van der Waals surface area (Å²) in [4.78, 5) is 39.5. The highest BCUT2D eigenvalue weighted by molar-refractivity contribution is 6.08. The number of carbonyl (C=O) groups is 3. The fraction of sp³-hybridized carbons (Fsp3) is 0.750. The number of hydrogen-bond donors (Lipinski definition) is 1. The maximum absolute atomic E-state index is 12.9. The quantitative estimate of drug-likeness (QED) is 0.484. The summed E-state index contributed by atoms with van der Waals surface area (Å²) < 4.78 is 0. The molecule has 3 saturated carbocycles. The molecule has 3 amide bonds. The molecule has 0 aromatic carbocycles. The summed E-state index contributed by atoms with van der Waals surface area (Å²) in [6, 6.07) is 0.204. The zero-order valence-electron chi connectivity index (χ0n) is 14.5. The highest BCUT2D eigenvalue weighted by atomic mass is 16.2. The van der Waals surface area contributed by atoms with Crippen molar-refractivity contribution in [1.82, 2.24) is 10.2 Å². The lowest BCUT2D eigenvalue weighted by atomic mass is 9.63. The van der Waals surface area contributed by atoms with Crippen molar-refractivity contribution in [2.24, 2.45) is 35.5 Å². The molecule has 0 radical (unpaired) electrons. The first-order chi connectivity index (χ1) is 12.1. The third-order valence-electron chi connectivity index (χ3n) is 7.28. The van der Waals surface area contributed by atoms with E-state index in [1.165, 1.54) is 17.7 Å². The van der Waals surface area contributed by atoms with Gasteiger partial charge in [-0.15, -0.1) is 0 Å².